The molecule has 1 amide bonds. The fourth-order valence-corrected chi connectivity index (χ4v) is 3.62. The highest BCUT2D eigenvalue weighted by Gasteiger charge is 2.19. The summed E-state index contributed by atoms with van der Waals surface area (Å²) >= 11 is 3.31. The second-order valence-corrected chi connectivity index (χ2v) is 7.81. The molecule has 0 atom stereocenters. The van der Waals surface area contributed by atoms with Crippen molar-refractivity contribution in [2.75, 3.05) is 5.32 Å². The van der Waals surface area contributed by atoms with E-state index in [1.807, 2.05) is 0 Å². The molecule has 1 N–H and O–H groups in total. The highest BCUT2D eigenvalue weighted by Crippen LogP contribution is 2.20. The molecule has 160 valence electrons. The molecule has 2 aromatic heterocycles. The lowest BCUT2D eigenvalue weighted by Crippen LogP contribution is -2.24. The Hall–Kier alpha value is -3.72. The van der Waals surface area contributed by atoms with Gasteiger partial charge in [-0.3, -0.25) is 19.4 Å². The van der Waals surface area contributed by atoms with Crippen LogP contribution in [0.3, 0.4) is 0 Å². The van der Waals surface area contributed by atoms with Crippen molar-refractivity contribution in [1.29, 1.82) is 0 Å². The summed E-state index contributed by atoms with van der Waals surface area (Å²) in [5, 5.41) is 2.61. The van der Waals surface area contributed by atoms with Gasteiger partial charge in [-0.25, -0.2) is 8.78 Å². The largest absolute Gasteiger partial charge is 0.337 e. The summed E-state index contributed by atoms with van der Waals surface area (Å²) in [7, 11) is 0. The van der Waals surface area contributed by atoms with Crippen molar-refractivity contribution >= 4 is 44.2 Å². The molecule has 0 aliphatic rings. The first kappa shape index (κ1) is 21.5. The third kappa shape index (κ3) is 4.33. The lowest BCUT2D eigenvalue weighted by atomic mass is 10.0. The van der Waals surface area contributed by atoms with Crippen LogP contribution in [0.25, 0.3) is 10.9 Å². The molecular formula is C23H14BrF2N3O3. The van der Waals surface area contributed by atoms with E-state index in [1.54, 1.807) is 18.2 Å². The predicted molar refractivity (Wildman–Crippen MR) is 119 cm³/mol. The van der Waals surface area contributed by atoms with E-state index in [9.17, 15) is 23.2 Å². The number of ketones is 1. The fourth-order valence-electron chi connectivity index (χ4n) is 3.26. The summed E-state index contributed by atoms with van der Waals surface area (Å²) in [4.78, 5) is 42.5. The maximum absolute atomic E-state index is 13.9. The van der Waals surface area contributed by atoms with Gasteiger partial charge in [0.1, 0.15) is 18.2 Å². The number of nitrogens with one attached hydrogen (secondary N) is 1. The van der Waals surface area contributed by atoms with E-state index in [2.05, 4.69) is 26.2 Å². The Morgan fingerprint density at radius 2 is 1.78 bits per heavy atom. The molecule has 2 heterocycles. The number of hydrogen-bond donors (Lipinski definition) is 1. The van der Waals surface area contributed by atoms with E-state index in [0.29, 0.717) is 16.1 Å². The van der Waals surface area contributed by atoms with Crippen molar-refractivity contribution in [3.05, 3.63) is 105 Å². The normalized spacial score (nSPS) is 10.8. The molecule has 0 aliphatic heterocycles. The van der Waals surface area contributed by atoms with Crippen molar-refractivity contribution in [3.8, 4) is 0 Å². The van der Waals surface area contributed by atoms with Crippen molar-refractivity contribution < 1.29 is 18.4 Å². The van der Waals surface area contributed by atoms with Gasteiger partial charge in [0.2, 0.25) is 11.3 Å². The van der Waals surface area contributed by atoms with Gasteiger partial charge in [0.05, 0.1) is 16.8 Å². The van der Waals surface area contributed by atoms with E-state index in [0.717, 1.165) is 12.1 Å². The fraction of sp³-hybridized carbons (Fsp3) is 0.0435. The maximum atomic E-state index is 13.9. The lowest BCUT2D eigenvalue weighted by molar-refractivity contribution is -0.116. The third-order valence-corrected chi connectivity index (χ3v) is 5.24. The SMILES string of the molecule is O=C(Cn1cc(C(=O)c2ccncc2)c(=O)c2cc(Br)ccc21)Nc1ccc(F)cc1F. The monoisotopic (exact) mass is 497 g/mol. The van der Waals surface area contributed by atoms with E-state index >= 15 is 0 Å². The zero-order valence-corrected chi connectivity index (χ0v) is 17.9. The first-order chi connectivity index (χ1) is 15.3. The highest BCUT2D eigenvalue weighted by molar-refractivity contribution is 9.10. The molecule has 4 aromatic rings. The highest BCUT2D eigenvalue weighted by atomic mass is 79.9. The van der Waals surface area contributed by atoms with E-state index in [-0.39, 0.29) is 28.7 Å². The second-order valence-electron chi connectivity index (χ2n) is 6.90. The summed E-state index contributed by atoms with van der Waals surface area (Å²) in [5.41, 5.74) is -0.0977. The van der Waals surface area contributed by atoms with Gasteiger partial charge in [0.15, 0.2) is 5.78 Å². The average molecular weight is 498 g/mol. The molecule has 0 bridgehead atoms. The van der Waals surface area contributed by atoms with Gasteiger partial charge >= 0.3 is 0 Å². The van der Waals surface area contributed by atoms with Crippen LogP contribution in [0.5, 0.6) is 0 Å². The minimum absolute atomic E-state index is 0.123. The average Bonchev–Trinajstić information content (AvgIpc) is 2.78. The molecule has 0 fully saturated rings. The van der Waals surface area contributed by atoms with Gasteiger partial charge < -0.3 is 9.88 Å². The van der Waals surface area contributed by atoms with E-state index < -0.39 is 28.8 Å². The quantitative estimate of drug-likeness (QED) is 0.416. The summed E-state index contributed by atoms with van der Waals surface area (Å²) in [6, 6.07) is 10.7. The van der Waals surface area contributed by atoms with Gasteiger partial charge in [-0.05, 0) is 42.5 Å². The lowest BCUT2D eigenvalue weighted by Gasteiger charge is -2.14. The van der Waals surface area contributed by atoms with Crippen molar-refractivity contribution in [2.45, 2.75) is 6.54 Å². The Kier molecular flexibility index (Phi) is 5.91. The number of anilines is 1. The minimum atomic E-state index is -0.916. The first-order valence-corrected chi connectivity index (χ1v) is 10.1. The van der Waals surface area contributed by atoms with Crippen LogP contribution >= 0.6 is 15.9 Å². The molecule has 6 nitrogen and oxygen atoms in total. The molecule has 4 rings (SSSR count). The number of carbonyl (C=O) groups excluding carboxylic acids is 2. The topological polar surface area (TPSA) is 81.1 Å². The smallest absolute Gasteiger partial charge is 0.244 e. The maximum Gasteiger partial charge on any atom is 0.244 e. The van der Waals surface area contributed by atoms with Crippen molar-refractivity contribution in [3.63, 3.8) is 0 Å². The van der Waals surface area contributed by atoms with Gasteiger partial charge in [0, 0.05) is 40.1 Å². The number of hydrogen-bond acceptors (Lipinski definition) is 4. The summed E-state index contributed by atoms with van der Waals surface area (Å²) < 4.78 is 29.1. The molecule has 32 heavy (non-hydrogen) atoms. The molecule has 0 saturated heterocycles. The number of nitrogens with zero attached hydrogens (tertiary/aromatic N) is 2. The van der Waals surface area contributed by atoms with Crippen LogP contribution in [0.15, 0.2) is 76.4 Å². The first-order valence-electron chi connectivity index (χ1n) is 9.36. The zero-order chi connectivity index (χ0) is 22.8. The Labute approximate surface area is 188 Å². The second kappa shape index (κ2) is 8.80. The number of fused-ring (bicyclic) bond motifs is 1. The molecule has 2 aromatic carbocycles. The van der Waals surface area contributed by atoms with Gasteiger partial charge in [-0.1, -0.05) is 15.9 Å². The number of pyridine rings is 2. The Balaban J connectivity index is 1.76. The number of rotatable bonds is 5. The molecule has 0 aliphatic carbocycles. The Morgan fingerprint density at radius 3 is 2.50 bits per heavy atom. The Bertz CT molecular complexity index is 1420. The van der Waals surface area contributed by atoms with Crippen LogP contribution in [-0.4, -0.2) is 21.2 Å². The summed E-state index contributed by atoms with van der Waals surface area (Å²) in [6.07, 6.45) is 4.18. The number of carbonyl (C=O) groups is 2. The zero-order valence-electron chi connectivity index (χ0n) is 16.3. The van der Waals surface area contributed by atoms with Crippen LogP contribution in [0.2, 0.25) is 0 Å². The Morgan fingerprint density at radius 1 is 1.03 bits per heavy atom. The van der Waals surface area contributed by atoms with Gasteiger partial charge in [-0.2, -0.15) is 0 Å². The van der Waals surface area contributed by atoms with Crippen LogP contribution in [0.1, 0.15) is 15.9 Å². The van der Waals surface area contributed by atoms with Crippen molar-refractivity contribution in [2.24, 2.45) is 0 Å². The van der Waals surface area contributed by atoms with E-state index in [1.165, 1.54) is 35.3 Å². The van der Waals surface area contributed by atoms with Gasteiger partial charge in [-0.15, -0.1) is 0 Å². The van der Waals surface area contributed by atoms with Gasteiger partial charge in [0.25, 0.3) is 0 Å². The summed E-state index contributed by atoms with van der Waals surface area (Å²) in [5.74, 6) is -2.82. The molecule has 0 radical (unpaired) electrons. The van der Waals surface area contributed by atoms with Crippen LogP contribution in [-0.2, 0) is 11.3 Å². The molecule has 0 saturated carbocycles. The molecule has 9 heteroatoms. The summed E-state index contributed by atoms with van der Waals surface area (Å²) in [6.45, 7) is -0.314. The number of aromatic nitrogens is 2. The minimum Gasteiger partial charge on any atom is -0.337 e. The van der Waals surface area contributed by atoms with Crippen LogP contribution in [0, 0.1) is 11.6 Å². The number of benzene rings is 2. The number of amides is 1. The van der Waals surface area contributed by atoms with Crippen molar-refractivity contribution in [1.82, 2.24) is 9.55 Å². The van der Waals surface area contributed by atoms with Crippen LogP contribution < -0.4 is 10.7 Å². The predicted octanol–water partition coefficient (Wildman–Crippen LogP) is 4.31. The van der Waals surface area contributed by atoms with E-state index in [4.69, 9.17) is 0 Å². The van der Waals surface area contributed by atoms with Crippen LogP contribution in [0.4, 0.5) is 14.5 Å². The number of halogens is 3. The molecular weight excluding hydrogens is 484 g/mol. The molecule has 0 spiro atoms. The third-order valence-electron chi connectivity index (χ3n) is 4.75. The molecule has 0 unspecified atom stereocenters. The standard InChI is InChI=1S/C23H14BrF2N3O3/c24-14-1-4-20-16(9-14)23(32)17(22(31)13-5-7-27-8-6-13)11-29(20)12-21(30)28-19-3-2-15(25)10-18(19)26/h1-11H,12H2,(H,28,30).